The lowest BCUT2D eigenvalue weighted by atomic mass is 10.2. The number of ether oxygens (including phenoxy) is 1. The van der Waals surface area contributed by atoms with Crippen LogP contribution in [-0.4, -0.2) is 32.8 Å². The number of aryl methyl sites for hydroxylation is 1. The van der Waals surface area contributed by atoms with Crippen LogP contribution in [0.3, 0.4) is 0 Å². The summed E-state index contributed by atoms with van der Waals surface area (Å²) in [7, 11) is 3.36. The van der Waals surface area contributed by atoms with Crippen LogP contribution >= 0.6 is 0 Å². The molecule has 22 heavy (non-hydrogen) atoms. The molecule has 8 heteroatoms. The number of nitrogens with zero attached hydrogens (tertiary/aromatic N) is 4. The predicted octanol–water partition coefficient (Wildman–Crippen LogP) is 1.13. The summed E-state index contributed by atoms with van der Waals surface area (Å²) < 4.78 is 6.69. The molecule has 1 aromatic carbocycles. The van der Waals surface area contributed by atoms with Gasteiger partial charge in [0.15, 0.2) is 11.5 Å². The quantitative estimate of drug-likeness (QED) is 0.701. The summed E-state index contributed by atoms with van der Waals surface area (Å²) >= 11 is 0. The van der Waals surface area contributed by atoms with E-state index in [1.807, 2.05) is 0 Å². The molecule has 0 bridgehead atoms. The van der Waals surface area contributed by atoms with Gasteiger partial charge in [-0.05, 0) is 24.3 Å². The highest BCUT2D eigenvalue weighted by Gasteiger charge is 2.09. The Morgan fingerprint density at radius 2 is 2.00 bits per heavy atom. The van der Waals surface area contributed by atoms with Gasteiger partial charge in [-0.15, -0.1) is 0 Å². The summed E-state index contributed by atoms with van der Waals surface area (Å²) in [5.41, 5.74) is 6.57. The molecule has 8 nitrogen and oxygen atoms in total. The van der Waals surface area contributed by atoms with Crippen LogP contribution in [0.1, 0.15) is 10.4 Å². The second-order valence-electron chi connectivity index (χ2n) is 4.54. The van der Waals surface area contributed by atoms with Gasteiger partial charge in [0.05, 0.1) is 18.7 Å². The van der Waals surface area contributed by atoms with Gasteiger partial charge in [-0.3, -0.25) is 20.3 Å². The number of anilines is 1. The van der Waals surface area contributed by atoms with E-state index in [1.165, 1.54) is 6.33 Å². The molecule has 112 valence electrons. The molecule has 0 saturated carbocycles. The molecule has 1 amide bonds. The molecule has 0 fully saturated rings. The fourth-order valence-electron chi connectivity index (χ4n) is 1.99. The Labute approximate surface area is 126 Å². The summed E-state index contributed by atoms with van der Waals surface area (Å²) in [5.74, 6) is 0.899. The summed E-state index contributed by atoms with van der Waals surface area (Å²) in [6, 6.07) is 6.79. The topological polar surface area (TPSA) is 94.0 Å². The van der Waals surface area contributed by atoms with Crippen LogP contribution in [0.5, 0.6) is 5.75 Å². The third-order valence-electron chi connectivity index (χ3n) is 3.18. The molecule has 3 rings (SSSR count). The van der Waals surface area contributed by atoms with E-state index in [1.54, 1.807) is 49.3 Å². The first-order valence-electron chi connectivity index (χ1n) is 6.52. The van der Waals surface area contributed by atoms with Crippen LogP contribution in [0.25, 0.3) is 11.0 Å². The number of carbonyl (C=O) groups is 1. The molecule has 0 atom stereocenters. The number of hydrogen-bond donors (Lipinski definition) is 2. The highest BCUT2D eigenvalue weighted by atomic mass is 16.5. The number of carbonyl (C=O) groups excluding carboxylic acids is 1. The highest BCUT2D eigenvalue weighted by Crippen LogP contribution is 2.17. The molecule has 0 saturated heterocycles. The summed E-state index contributed by atoms with van der Waals surface area (Å²) in [6.45, 7) is 0. The van der Waals surface area contributed by atoms with Gasteiger partial charge in [0.2, 0.25) is 0 Å². The van der Waals surface area contributed by atoms with E-state index < -0.39 is 0 Å². The van der Waals surface area contributed by atoms with E-state index in [4.69, 9.17) is 4.74 Å². The summed E-state index contributed by atoms with van der Waals surface area (Å²) in [4.78, 5) is 20.3. The van der Waals surface area contributed by atoms with Crippen LogP contribution in [0, 0.1) is 0 Å². The zero-order valence-electron chi connectivity index (χ0n) is 12.1. The van der Waals surface area contributed by atoms with Crippen molar-refractivity contribution in [2.75, 3.05) is 12.5 Å². The van der Waals surface area contributed by atoms with Gasteiger partial charge < -0.3 is 4.74 Å². The molecule has 0 aliphatic carbocycles. The van der Waals surface area contributed by atoms with Gasteiger partial charge in [0.1, 0.15) is 12.1 Å². The minimum absolute atomic E-state index is 0.279. The molecule has 2 heterocycles. The van der Waals surface area contributed by atoms with Crippen LogP contribution in [-0.2, 0) is 7.05 Å². The number of aromatic nitrogens is 4. The Morgan fingerprint density at radius 1 is 1.23 bits per heavy atom. The first-order valence-corrected chi connectivity index (χ1v) is 6.52. The van der Waals surface area contributed by atoms with Crippen molar-refractivity contribution in [3.8, 4) is 5.75 Å². The molecular weight excluding hydrogens is 284 g/mol. The second kappa shape index (κ2) is 5.68. The van der Waals surface area contributed by atoms with Crippen LogP contribution < -0.4 is 15.6 Å². The first kappa shape index (κ1) is 13.8. The number of hydrazine groups is 1. The maximum absolute atomic E-state index is 12.1. The van der Waals surface area contributed by atoms with Crippen molar-refractivity contribution in [2.24, 2.45) is 7.05 Å². The number of rotatable bonds is 4. The fourth-order valence-corrected chi connectivity index (χ4v) is 1.99. The van der Waals surface area contributed by atoms with Crippen molar-refractivity contribution in [2.45, 2.75) is 0 Å². The average molecular weight is 298 g/mol. The van der Waals surface area contributed by atoms with Crippen LogP contribution in [0.15, 0.2) is 36.8 Å². The van der Waals surface area contributed by atoms with E-state index >= 15 is 0 Å². The average Bonchev–Trinajstić information content (AvgIpc) is 2.95. The molecule has 0 aliphatic heterocycles. The summed E-state index contributed by atoms with van der Waals surface area (Å²) in [5, 5.41) is 4.83. The van der Waals surface area contributed by atoms with E-state index in [9.17, 15) is 4.79 Å². The monoisotopic (exact) mass is 298 g/mol. The lowest BCUT2D eigenvalue weighted by Crippen LogP contribution is -2.29. The highest BCUT2D eigenvalue weighted by molar-refractivity contribution is 5.96. The van der Waals surface area contributed by atoms with Crippen molar-refractivity contribution < 1.29 is 9.53 Å². The Morgan fingerprint density at radius 3 is 2.73 bits per heavy atom. The summed E-state index contributed by atoms with van der Waals surface area (Å²) in [6.07, 6.45) is 3.04. The minimum atomic E-state index is -0.279. The predicted molar refractivity (Wildman–Crippen MR) is 80.4 cm³/mol. The zero-order chi connectivity index (χ0) is 15.5. The molecule has 2 N–H and O–H groups in total. The van der Waals surface area contributed by atoms with Crippen LogP contribution in [0.2, 0.25) is 0 Å². The van der Waals surface area contributed by atoms with E-state index in [-0.39, 0.29) is 5.91 Å². The third-order valence-corrected chi connectivity index (χ3v) is 3.18. The zero-order valence-corrected chi connectivity index (χ0v) is 12.1. The molecule has 3 aromatic rings. The number of benzene rings is 1. The molecular formula is C14H14N6O2. The van der Waals surface area contributed by atoms with Crippen molar-refractivity contribution >= 4 is 22.8 Å². The van der Waals surface area contributed by atoms with E-state index in [0.717, 1.165) is 5.39 Å². The Hall–Kier alpha value is -3.16. The van der Waals surface area contributed by atoms with Gasteiger partial charge >= 0.3 is 0 Å². The first-order chi connectivity index (χ1) is 10.7. The van der Waals surface area contributed by atoms with Gasteiger partial charge in [0.25, 0.3) is 5.91 Å². The van der Waals surface area contributed by atoms with Gasteiger partial charge in [0, 0.05) is 12.6 Å². The third kappa shape index (κ3) is 2.53. The van der Waals surface area contributed by atoms with Crippen LogP contribution in [0.4, 0.5) is 5.82 Å². The molecule has 0 unspecified atom stereocenters. The lowest BCUT2D eigenvalue weighted by Gasteiger charge is -2.08. The van der Waals surface area contributed by atoms with Gasteiger partial charge in [-0.2, -0.15) is 5.10 Å². The number of hydrogen-bond acceptors (Lipinski definition) is 6. The van der Waals surface area contributed by atoms with Crippen molar-refractivity contribution in [1.82, 2.24) is 25.2 Å². The maximum Gasteiger partial charge on any atom is 0.269 e. The number of methoxy groups -OCH3 is 1. The minimum Gasteiger partial charge on any atom is -0.497 e. The SMILES string of the molecule is COc1ccc(C(=O)NNc2ncnc3c2cnn3C)cc1. The fraction of sp³-hybridized carbons (Fsp3) is 0.143. The Bertz CT molecular complexity index is 812. The number of amides is 1. The van der Waals surface area contributed by atoms with Gasteiger partial charge in [-0.1, -0.05) is 0 Å². The molecule has 0 spiro atoms. The van der Waals surface area contributed by atoms with Gasteiger partial charge in [-0.25, -0.2) is 9.97 Å². The van der Waals surface area contributed by atoms with Crippen molar-refractivity contribution in [3.05, 3.63) is 42.4 Å². The smallest absolute Gasteiger partial charge is 0.269 e. The Balaban J connectivity index is 1.74. The van der Waals surface area contributed by atoms with E-state index in [2.05, 4.69) is 25.9 Å². The molecule has 2 aromatic heterocycles. The van der Waals surface area contributed by atoms with Crippen molar-refractivity contribution in [3.63, 3.8) is 0 Å². The van der Waals surface area contributed by atoms with E-state index in [0.29, 0.717) is 22.8 Å². The molecule has 0 radical (unpaired) electrons. The second-order valence-corrected chi connectivity index (χ2v) is 4.54. The number of nitrogens with one attached hydrogen (secondary N) is 2. The lowest BCUT2D eigenvalue weighted by molar-refractivity contribution is 0.0962. The standard InChI is InChI=1S/C14H14N6O2/c1-20-13-11(7-17-20)12(15-8-16-13)18-19-14(21)9-3-5-10(22-2)6-4-9/h3-8H,1-2H3,(H,19,21)(H,15,16,18). The van der Waals surface area contributed by atoms with Crippen molar-refractivity contribution in [1.29, 1.82) is 0 Å². The normalized spacial score (nSPS) is 10.5. The molecule has 0 aliphatic rings. The Kier molecular flexibility index (Phi) is 3.57. The maximum atomic E-state index is 12.1. The largest absolute Gasteiger partial charge is 0.497 e. The number of fused-ring (bicyclic) bond motifs is 1.